The summed E-state index contributed by atoms with van der Waals surface area (Å²) in [5.74, 6) is -0.197. The number of Topliss-reactive ketones (excluding diaryl/α,β-unsaturated/α-hetero) is 2. The van der Waals surface area contributed by atoms with Crippen LogP contribution in [0, 0.1) is 0 Å². The maximum Gasteiger partial charge on any atom is 0.148 e. The second-order valence-electron chi connectivity index (χ2n) is 1.98. The summed E-state index contributed by atoms with van der Waals surface area (Å²) in [6, 6.07) is 0. The van der Waals surface area contributed by atoms with Crippen molar-refractivity contribution in [2.75, 3.05) is 0 Å². The molecule has 9 heavy (non-hydrogen) atoms. The van der Waals surface area contributed by atoms with Crippen molar-refractivity contribution >= 4 is 23.2 Å². The third kappa shape index (κ3) is 4.15. The summed E-state index contributed by atoms with van der Waals surface area (Å²) in [6.45, 7) is 2.79. The van der Waals surface area contributed by atoms with Gasteiger partial charge in [-0.15, -0.1) is 11.6 Å². The van der Waals surface area contributed by atoms with Crippen molar-refractivity contribution in [3.05, 3.63) is 0 Å². The predicted molar refractivity (Wildman–Crippen MR) is 35.6 cm³/mol. The Morgan fingerprint density at radius 3 is 2.00 bits per heavy atom. The number of alkyl halides is 1. The molecule has 1 unspecified atom stereocenters. The van der Waals surface area contributed by atoms with Crippen LogP contribution in [0.3, 0.4) is 0 Å². The van der Waals surface area contributed by atoms with Gasteiger partial charge in [-0.25, -0.2) is 0 Å². The number of hydrogen-bond donors (Lipinski definition) is 0. The lowest BCUT2D eigenvalue weighted by atomic mass is 10.2. The van der Waals surface area contributed by atoms with Gasteiger partial charge in [0, 0.05) is 6.42 Å². The SMILES string of the molecule is CC(=O)CC(Cl)C(C)=O. The summed E-state index contributed by atoms with van der Waals surface area (Å²) in [5.41, 5.74) is 0. The highest BCUT2D eigenvalue weighted by atomic mass is 35.5. The lowest BCUT2D eigenvalue weighted by Crippen LogP contribution is -2.13. The summed E-state index contributed by atoms with van der Waals surface area (Å²) in [5, 5.41) is -0.623. The van der Waals surface area contributed by atoms with Gasteiger partial charge in [0.2, 0.25) is 0 Å². The fraction of sp³-hybridized carbons (Fsp3) is 0.667. The molecule has 52 valence electrons. The topological polar surface area (TPSA) is 34.1 Å². The average molecular weight is 149 g/mol. The average Bonchev–Trinajstić information content (AvgIpc) is 1.63. The predicted octanol–water partition coefficient (Wildman–Crippen LogP) is 1.16. The van der Waals surface area contributed by atoms with Gasteiger partial charge in [-0.2, -0.15) is 0 Å². The maximum absolute atomic E-state index is 10.4. The first kappa shape index (κ1) is 8.63. The Balaban J connectivity index is 3.63. The molecule has 0 aromatic rings. The molecule has 0 aliphatic rings. The molecule has 0 aliphatic heterocycles. The van der Waals surface area contributed by atoms with Crippen molar-refractivity contribution in [2.24, 2.45) is 0 Å². The van der Waals surface area contributed by atoms with Gasteiger partial charge in [0.05, 0.1) is 5.38 Å². The van der Waals surface area contributed by atoms with Gasteiger partial charge in [0.25, 0.3) is 0 Å². The second-order valence-corrected chi connectivity index (χ2v) is 2.51. The first-order valence-corrected chi connectivity index (χ1v) is 3.11. The molecule has 0 N–H and O–H groups in total. The number of rotatable bonds is 3. The van der Waals surface area contributed by atoms with Crippen LogP contribution in [0.1, 0.15) is 20.3 Å². The molecule has 0 aromatic carbocycles. The van der Waals surface area contributed by atoms with Gasteiger partial charge in [-0.1, -0.05) is 0 Å². The number of hydrogen-bond acceptors (Lipinski definition) is 2. The monoisotopic (exact) mass is 148 g/mol. The van der Waals surface area contributed by atoms with Crippen LogP contribution >= 0.6 is 11.6 Å². The van der Waals surface area contributed by atoms with Gasteiger partial charge >= 0.3 is 0 Å². The van der Waals surface area contributed by atoms with Crippen LogP contribution in [0.4, 0.5) is 0 Å². The first-order chi connectivity index (χ1) is 4.04. The van der Waals surface area contributed by atoms with E-state index in [1.54, 1.807) is 0 Å². The van der Waals surface area contributed by atoms with E-state index in [4.69, 9.17) is 11.6 Å². The highest BCUT2D eigenvalue weighted by Crippen LogP contribution is 2.02. The van der Waals surface area contributed by atoms with E-state index in [2.05, 4.69) is 0 Å². The minimum atomic E-state index is -0.623. The molecule has 0 aliphatic carbocycles. The van der Waals surface area contributed by atoms with Crippen LogP contribution in [0.5, 0.6) is 0 Å². The molecule has 0 fully saturated rings. The van der Waals surface area contributed by atoms with E-state index in [1.165, 1.54) is 13.8 Å². The Labute approximate surface area is 59.2 Å². The third-order valence-electron chi connectivity index (χ3n) is 0.908. The fourth-order valence-electron chi connectivity index (χ4n) is 0.396. The van der Waals surface area contributed by atoms with Crippen LogP contribution in [-0.2, 0) is 9.59 Å². The molecule has 0 saturated carbocycles. The Bertz CT molecular complexity index is 131. The van der Waals surface area contributed by atoms with Crippen molar-refractivity contribution in [3.8, 4) is 0 Å². The van der Waals surface area contributed by atoms with Crippen molar-refractivity contribution in [2.45, 2.75) is 25.6 Å². The van der Waals surface area contributed by atoms with Crippen molar-refractivity contribution in [1.82, 2.24) is 0 Å². The molecule has 0 spiro atoms. The van der Waals surface area contributed by atoms with Gasteiger partial charge in [0.15, 0.2) is 0 Å². The molecule has 2 nitrogen and oxygen atoms in total. The van der Waals surface area contributed by atoms with E-state index < -0.39 is 5.38 Å². The van der Waals surface area contributed by atoms with Crippen LogP contribution in [0.25, 0.3) is 0 Å². The highest BCUT2D eigenvalue weighted by Gasteiger charge is 2.11. The normalized spacial score (nSPS) is 12.8. The van der Waals surface area contributed by atoms with Crippen LogP contribution in [0.2, 0.25) is 0 Å². The first-order valence-electron chi connectivity index (χ1n) is 2.68. The lowest BCUT2D eigenvalue weighted by Gasteiger charge is -1.98. The van der Waals surface area contributed by atoms with Crippen molar-refractivity contribution in [3.63, 3.8) is 0 Å². The van der Waals surface area contributed by atoms with Gasteiger partial charge in [0.1, 0.15) is 11.6 Å². The summed E-state index contributed by atoms with van der Waals surface area (Å²) in [7, 11) is 0. The quantitative estimate of drug-likeness (QED) is 0.563. The van der Waals surface area contributed by atoms with E-state index in [9.17, 15) is 9.59 Å². The summed E-state index contributed by atoms with van der Waals surface area (Å²) < 4.78 is 0. The molecular weight excluding hydrogens is 140 g/mol. The second kappa shape index (κ2) is 3.62. The van der Waals surface area contributed by atoms with Crippen molar-refractivity contribution in [1.29, 1.82) is 0 Å². The van der Waals surface area contributed by atoms with Crippen LogP contribution < -0.4 is 0 Å². The maximum atomic E-state index is 10.4. The van der Waals surface area contributed by atoms with Crippen LogP contribution in [0.15, 0.2) is 0 Å². The lowest BCUT2D eigenvalue weighted by molar-refractivity contribution is -0.121. The molecule has 0 radical (unpaired) electrons. The zero-order chi connectivity index (χ0) is 7.44. The molecule has 3 heteroatoms. The number of halogens is 1. The molecule has 0 rings (SSSR count). The minimum Gasteiger partial charge on any atom is -0.300 e. The Morgan fingerprint density at radius 2 is 1.89 bits per heavy atom. The molecule has 0 amide bonds. The minimum absolute atomic E-state index is 0.0507. The zero-order valence-corrected chi connectivity index (χ0v) is 6.23. The van der Waals surface area contributed by atoms with E-state index in [0.717, 1.165) is 0 Å². The smallest absolute Gasteiger partial charge is 0.148 e. The van der Waals surface area contributed by atoms with E-state index in [0.29, 0.717) is 0 Å². The van der Waals surface area contributed by atoms with E-state index >= 15 is 0 Å². The largest absolute Gasteiger partial charge is 0.300 e. The van der Waals surface area contributed by atoms with E-state index in [1.807, 2.05) is 0 Å². The Morgan fingerprint density at radius 1 is 1.44 bits per heavy atom. The fourth-order valence-corrected chi connectivity index (χ4v) is 0.613. The Hall–Kier alpha value is -0.370. The molecule has 0 bridgehead atoms. The number of carbonyl (C=O) groups is 2. The standard InChI is InChI=1S/C6H9ClO2/c1-4(8)3-6(7)5(2)9/h6H,3H2,1-2H3. The highest BCUT2D eigenvalue weighted by molar-refractivity contribution is 6.31. The number of ketones is 2. The molecule has 1 atom stereocenters. The summed E-state index contributed by atoms with van der Waals surface area (Å²) in [4.78, 5) is 20.7. The van der Waals surface area contributed by atoms with Gasteiger partial charge in [-0.3, -0.25) is 9.59 Å². The van der Waals surface area contributed by atoms with E-state index in [-0.39, 0.29) is 18.0 Å². The van der Waals surface area contributed by atoms with Crippen LogP contribution in [-0.4, -0.2) is 16.9 Å². The zero-order valence-electron chi connectivity index (χ0n) is 5.48. The summed E-state index contributed by atoms with van der Waals surface area (Å²) in [6.07, 6.45) is 0.150. The molecule has 0 heterocycles. The van der Waals surface area contributed by atoms with Crippen molar-refractivity contribution < 1.29 is 9.59 Å². The third-order valence-corrected chi connectivity index (χ3v) is 1.37. The molecule has 0 saturated heterocycles. The number of carbonyl (C=O) groups excluding carboxylic acids is 2. The Kier molecular flexibility index (Phi) is 3.47. The summed E-state index contributed by atoms with van der Waals surface area (Å²) >= 11 is 5.44. The van der Waals surface area contributed by atoms with Gasteiger partial charge in [-0.05, 0) is 13.8 Å². The molecular formula is C6H9ClO2. The molecule has 0 aromatic heterocycles. The van der Waals surface area contributed by atoms with Gasteiger partial charge < -0.3 is 0 Å².